The standard InChI is InChI=1S/C24H24ClN3O4/c1-16-21(17(2)28(27-16)14-18-6-4-5-7-22(18)25)12-13-24(30)32-15-23(29)26-19-8-10-20(31-3)11-9-19/h4-13H,14-15H2,1-3H3,(H,26,29)/b13-12+. The first kappa shape index (κ1) is 23.1. The van der Waals surface area contributed by atoms with Gasteiger partial charge in [0.05, 0.1) is 19.3 Å². The largest absolute Gasteiger partial charge is 0.497 e. The Morgan fingerprint density at radius 3 is 2.53 bits per heavy atom. The van der Waals surface area contributed by atoms with E-state index in [2.05, 4.69) is 10.4 Å². The summed E-state index contributed by atoms with van der Waals surface area (Å²) < 4.78 is 11.9. The number of anilines is 1. The van der Waals surface area contributed by atoms with Crippen LogP contribution in [-0.2, 0) is 20.9 Å². The lowest BCUT2D eigenvalue weighted by Crippen LogP contribution is -2.20. The molecule has 0 unspecified atom stereocenters. The maximum Gasteiger partial charge on any atom is 0.331 e. The van der Waals surface area contributed by atoms with Crippen LogP contribution in [0.25, 0.3) is 6.08 Å². The number of carbonyl (C=O) groups excluding carboxylic acids is 2. The van der Waals surface area contributed by atoms with Crippen LogP contribution in [0.2, 0.25) is 5.02 Å². The van der Waals surface area contributed by atoms with Crippen LogP contribution in [0.15, 0.2) is 54.6 Å². The van der Waals surface area contributed by atoms with Gasteiger partial charge >= 0.3 is 5.97 Å². The molecule has 0 aliphatic heterocycles. The Balaban J connectivity index is 1.56. The SMILES string of the molecule is COc1ccc(NC(=O)COC(=O)/C=C/c2c(C)nn(Cc3ccccc3Cl)c2C)cc1. The van der Waals surface area contributed by atoms with E-state index in [1.54, 1.807) is 37.5 Å². The molecule has 0 radical (unpaired) electrons. The third-order valence-corrected chi connectivity index (χ3v) is 5.19. The van der Waals surface area contributed by atoms with Gasteiger partial charge in [0.1, 0.15) is 5.75 Å². The highest BCUT2D eigenvalue weighted by molar-refractivity contribution is 6.31. The van der Waals surface area contributed by atoms with E-state index in [1.165, 1.54) is 6.08 Å². The Morgan fingerprint density at radius 2 is 1.84 bits per heavy atom. The van der Waals surface area contributed by atoms with Crippen molar-refractivity contribution in [2.45, 2.75) is 20.4 Å². The second kappa shape index (κ2) is 10.6. The lowest BCUT2D eigenvalue weighted by molar-refractivity contribution is -0.142. The molecule has 7 nitrogen and oxygen atoms in total. The highest BCUT2D eigenvalue weighted by atomic mass is 35.5. The molecule has 0 bridgehead atoms. The predicted octanol–water partition coefficient (Wildman–Crippen LogP) is 4.41. The Morgan fingerprint density at radius 1 is 1.12 bits per heavy atom. The minimum atomic E-state index is -0.618. The number of esters is 1. The van der Waals surface area contributed by atoms with Gasteiger partial charge in [-0.05, 0) is 55.8 Å². The summed E-state index contributed by atoms with van der Waals surface area (Å²) in [7, 11) is 1.56. The average Bonchev–Trinajstić information content (AvgIpc) is 3.05. The molecule has 3 rings (SSSR count). The van der Waals surface area contributed by atoms with Crippen molar-refractivity contribution >= 4 is 35.2 Å². The average molecular weight is 454 g/mol. The van der Waals surface area contributed by atoms with Crippen molar-refractivity contribution in [3.8, 4) is 5.75 Å². The Hall–Kier alpha value is -3.58. The molecular weight excluding hydrogens is 430 g/mol. The van der Waals surface area contributed by atoms with Gasteiger partial charge in [0.15, 0.2) is 6.61 Å². The minimum absolute atomic E-state index is 0.390. The normalized spacial score (nSPS) is 10.9. The number of aryl methyl sites for hydroxylation is 1. The Kier molecular flexibility index (Phi) is 7.68. The van der Waals surface area contributed by atoms with Crippen LogP contribution in [0.1, 0.15) is 22.5 Å². The molecule has 1 amide bonds. The van der Waals surface area contributed by atoms with Gasteiger partial charge in [-0.15, -0.1) is 0 Å². The molecule has 1 aromatic heterocycles. The second-order valence-corrected chi connectivity index (χ2v) is 7.46. The van der Waals surface area contributed by atoms with E-state index in [-0.39, 0.29) is 6.61 Å². The summed E-state index contributed by atoms with van der Waals surface area (Å²) in [5.41, 5.74) is 4.02. The van der Waals surface area contributed by atoms with Crippen molar-refractivity contribution in [1.29, 1.82) is 0 Å². The first-order valence-corrected chi connectivity index (χ1v) is 10.3. The summed E-state index contributed by atoms with van der Waals surface area (Å²) in [4.78, 5) is 24.1. The molecular formula is C24H24ClN3O4. The number of nitrogens with one attached hydrogen (secondary N) is 1. The molecule has 0 aliphatic rings. The molecule has 0 saturated carbocycles. The highest BCUT2D eigenvalue weighted by Gasteiger charge is 2.12. The summed E-state index contributed by atoms with van der Waals surface area (Å²) in [5.74, 6) is -0.371. The first-order valence-electron chi connectivity index (χ1n) is 9.93. The van der Waals surface area contributed by atoms with Gasteiger partial charge in [-0.25, -0.2) is 4.79 Å². The summed E-state index contributed by atoms with van der Waals surface area (Å²) in [5, 5.41) is 7.87. The zero-order chi connectivity index (χ0) is 23.1. The van der Waals surface area contributed by atoms with Gasteiger partial charge in [0.25, 0.3) is 5.91 Å². The first-order chi connectivity index (χ1) is 15.4. The van der Waals surface area contributed by atoms with Crippen LogP contribution in [-0.4, -0.2) is 35.4 Å². The van der Waals surface area contributed by atoms with Crippen LogP contribution in [0, 0.1) is 13.8 Å². The van der Waals surface area contributed by atoms with Crippen LogP contribution in [0.5, 0.6) is 5.75 Å². The lowest BCUT2D eigenvalue weighted by atomic mass is 10.1. The maximum atomic E-state index is 12.1. The van der Waals surface area contributed by atoms with Gasteiger partial charge in [0, 0.05) is 28.0 Å². The molecule has 3 aromatic rings. The number of aromatic nitrogens is 2. The van der Waals surface area contributed by atoms with Crippen molar-refractivity contribution in [2.24, 2.45) is 0 Å². The smallest absolute Gasteiger partial charge is 0.331 e. The number of hydrogen-bond acceptors (Lipinski definition) is 5. The molecule has 8 heteroatoms. The molecule has 32 heavy (non-hydrogen) atoms. The van der Waals surface area contributed by atoms with E-state index in [0.717, 1.165) is 22.5 Å². The topological polar surface area (TPSA) is 82.4 Å². The molecule has 1 heterocycles. The van der Waals surface area contributed by atoms with Crippen LogP contribution >= 0.6 is 11.6 Å². The van der Waals surface area contributed by atoms with Gasteiger partial charge < -0.3 is 14.8 Å². The summed E-state index contributed by atoms with van der Waals surface area (Å²) in [6, 6.07) is 14.4. The molecule has 0 fully saturated rings. The van der Waals surface area contributed by atoms with Crippen LogP contribution < -0.4 is 10.1 Å². The maximum absolute atomic E-state index is 12.1. The highest BCUT2D eigenvalue weighted by Crippen LogP contribution is 2.20. The molecule has 0 spiro atoms. The molecule has 0 saturated heterocycles. The van der Waals surface area contributed by atoms with Crippen LogP contribution in [0.3, 0.4) is 0 Å². The number of benzene rings is 2. The minimum Gasteiger partial charge on any atom is -0.497 e. The molecule has 1 N–H and O–H groups in total. The number of nitrogens with zero attached hydrogens (tertiary/aromatic N) is 2. The lowest BCUT2D eigenvalue weighted by Gasteiger charge is -2.07. The zero-order valence-electron chi connectivity index (χ0n) is 18.1. The van der Waals surface area contributed by atoms with Crippen molar-refractivity contribution in [3.05, 3.63) is 82.1 Å². The predicted molar refractivity (Wildman–Crippen MR) is 124 cm³/mol. The van der Waals surface area contributed by atoms with Gasteiger partial charge in [-0.1, -0.05) is 29.8 Å². The summed E-state index contributed by atoms with van der Waals surface area (Å²) in [6.07, 6.45) is 2.93. The summed E-state index contributed by atoms with van der Waals surface area (Å²) in [6.45, 7) is 3.92. The number of carbonyl (C=O) groups is 2. The Labute approximate surface area is 191 Å². The quantitative estimate of drug-likeness (QED) is 0.403. The van der Waals surface area contributed by atoms with E-state index in [4.69, 9.17) is 21.1 Å². The number of halogens is 1. The van der Waals surface area contributed by atoms with Crippen molar-refractivity contribution in [1.82, 2.24) is 9.78 Å². The fourth-order valence-electron chi connectivity index (χ4n) is 3.10. The number of rotatable bonds is 8. The molecule has 2 aromatic carbocycles. The Bertz CT molecular complexity index is 1140. The van der Waals surface area contributed by atoms with Gasteiger partial charge in [0.2, 0.25) is 0 Å². The third kappa shape index (κ3) is 5.98. The fourth-order valence-corrected chi connectivity index (χ4v) is 3.30. The molecule has 0 atom stereocenters. The summed E-state index contributed by atoms with van der Waals surface area (Å²) >= 11 is 6.25. The van der Waals surface area contributed by atoms with E-state index in [0.29, 0.717) is 23.0 Å². The fraction of sp³-hybridized carbons (Fsp3) is 0.208. The van der Waals surface area contributed by atoms with E-state index < -0.39 is 11.9 Å². The zero-order valence-corrected chi connectivity index (χ0v) is 18.8. The molecule has 0 aliphatic carbocycles. The third-order valence-electron chi connectivity index (χ3n) is 4.82. The number of amides is 1. The number of hydrogen-bond donors (Lipinski definition) is 1. The number of methoxy groups -OCH3 is 1. The molecule has 166 valence electrons. The van der Waals surface area contributed by atoms with Crippen molar-refractivity contribution < 1.29 is 19.1 Å². The van der Waals surface area contributed by atoms with E-state index in [9.17, 15) is 9.59 Å². The van der Waals surface area contributed by atoms with Crippen LogP contribution in [0.4, 0.5) is 5.69 Å². The van der Waals surface area contributed by atoms with E-state index >= 15 is 0 Å². The van der Waals surface area contributed by atoms with Gasteiger partial charge in [-0.2, -0.15) is 5.10 Å². The monoisotopic (exact) mass is 453 g/mol. The van der Waals surface area contributed by atoms with Crippen molar-refractivity contribution in [3.63, 3.8) is 0 Å². The van der Waals surface area contributed by atoms with Crippen molar-refractivity contribution in [2.75, 3.05) is 19.0 Å². The van der Waals surface area contributed by atoms with Gasteiger partial charge in [-0.3, -0.25) is 9.48 Å². The number of ether oxygens (including phenoxy) is 2. The van der Waals surface area contributed by atoms with E-state index in [1.807, 2.05) is 42.8 Å². The second-order valence-electron chi connectivity index (χ2n) is 7.05.